The maximum absolute atomic E-state index is 10.1. The number of phenols is 1. The molecule has 98 valence electrons. The zero-order valence-electron chi connectivity index (χ0n) is 9.59. The van der Waals surface area contributed by atoms with Gasteiger partial charge in [0.05, 0.1) is 13.2 Å². The smallest absolute Gasteiger partial charge is 0.162 e. The quantitative estimate of drug-likeness (QED) is 0.887. The molecule has 1 aromatic heterocycles. The van der Waals surface area contributed by atoms with Gasteiger partial charge in [-0.15, -0.1) is 23.7 Å². The van der Waals surface area contributed by atoms with Gasteiger partial charge in [0, 0.05) is 14.9 Å². The van der Waals surface area contributed by atoms with Gasteiger partial charge in [-0.2, -0.15) is 0 Å². The molecule has 3 N–H and O–H groups in total. The first-order valence-corrected chi connectivity index (χ1v) is 6.66. The largest absolute Gasteiger partial charge is 0.504 e. The first-order valence-electron chi connectivity index (χ1n) is 4.99. The maximum Gasteiger partial charge on any atom is 0.162 e. The predicted octanol–water partition coefficient (Wildman–Crippen LogP) is 3.69. The van der Waals surface area contributed by atoms with Gasteiger partial charge < -0.3 is 15.6 Å². The molecular weight excluding hydrogens is 338 g/mol. The summed E-state index contributed by atoms with van der Waals surface area (Å²) in [4.78, 5) is 1.00. The fourth-order valence-electron chi connectivity index (χ4n) is 1.61. The van der Waals surface area contributed by atoms with Crippen molar-refractivity contribution in [3.63, 3.8) is 0 Å². The van der Waals surface area contributed by atoms with Crippen LogP contribution in [0, 0.1) is 0 Å². The summed E-state index contributed by atoms with van der Waals surface area (Å²) in [6, 6.07) is 7.05. The molecule has 0 saturated carbocycles. The molecule has 1 aromatic carbocycles. The second-order valence-electron chi connectivity index (χ2n) is 3.54. The molecule has 2 aromatic rings. The Balaban J connectivity index is 0.00000162. The van der Waals surface area contributed by atoms with Crippen molar-refractivity contribution in [2.75, 3.05) is 7.11 Å². The normalized spacial score (nSPS) is 11.7. The summed E-state index contributed by atoms with van der Waals surface area (Å²) in [5.41, 5.74) is 6.78. The molecule has 1 heterocycles. The van der Waals surface area contributed by atoms with Gasteiger partial charge in [-0.05, 0) is 23.6 Å². The van der Waals surface area contributed by atoms with Crippen LogP contribution in [-0.4, -0.2) is 12.2 Å². The Kier molecular flexibility index (Phi) is 5.47. The molecule has 0 amide bonds. The van der Waals surface area contributed by atoms with Crippen molar-refractivity contribution in [3.05, 3.63) is 44.6 Å². The standard InChI is InChI=1S/C12H12BrNO2S.ClH/c1-16-9-6-7(13)5-8(12(9)15)11(14)10-3-2-4-17-10;/h2-6,11,15H,14H2,1H3;1H/t11-;/m0./s1. The van der Waals surface area contributed by atoms with Crippen molar-refractivity contribution in [2.24, 2.45) is 5.73 Å². The fourth-order valence-corrected chi connectivity index (χ4v) is 2.81. The molecule has 0 radical (unpaired) electrons. The van der Waals surface area contributed by atoms with E-state index in [2.05, 4.69) is 15.9 Å². The molecule has 2 rings (SSSR count). The average molecular weight is 351 g/mol. The number of phenolic OH excluding ortho intramolecular Hbond substituents is 1. The molecule has 0 aliphatic heterocycles. The van der Waals surface area contributed by atoms with Crippen molar-refractivity contribution < 1.29 is 9.84 Å². The summed E-state index contributed by atoms with van der Waals surface area (Å²) >= 11 is 4.94. The Morgan fingerprint density at radius 1 is 1.44 bits per heavy atom. The van der Waals surface area contributed by atoms with E-state index in [4.69, 9.17) is 10.5 Å². The number of rotatable bonds is 3. The lowest BCUT2D eigenvalue weighted by Crippen LogP contribution is -2.10. The summed E-state index contributed by atoms with van der Waals surface area (Å²) in [7, 11) is 1.52. The lowest BCUT2D eigenvalue weighted by atomic mass is 10.0. The van der Waals surface area contributed by atoms with Crippen LogP contribution < -0.4 is 10.5 Å². The molecule has 3 nitrogen and oxygen atoms in total. The van der Waals surface area contributed by atoms with Gasteiger partial charge in [0.25, 0.3) is 0 Å². The Hall–Kier alpha value is -0.750. The fraction of sp³-hybridized carbons (Fsp3) is 0.167. The van der Waals surface area contributed by atoms with E-state index >= 15 is 0 Å². The van der Waals surface area contributed by atoms with E-state index in [1.54, 1.807) is 17.4 Å². The van der Waals surface area contributed by atoms with Crippen LogP contribution in [0.25, 0.3) is 0 Å². The molecule has 18 heavy (non-hydrogen) atoms. The highest BCUT2D eigenvalue weighted by molar-refractivity contribution is 9.10. The predicted molar refractivity (Wildman–Crippen MR) is 80.0 cm³/mol. The third-order valence-electron chi connectivity index (χ3n) is 2.47. The molecule has 0 spiro atoms. The van der Waals surface area contributed by atoms with E-state index in [-0.39, 0.29) is 24.2 Å². The lowest BCUT2D eigenvalue weighted by Gasteiger charge is -2.15. The molecule has 6 heteroatoms. The van der Waals surface area contributed by atoms with Crippen LogP contribution in [0.3, 0.4) is 0 Å². The summed E-state index contributed by atoms with van der Waals surface area (Å²) in [5, 5.41) is 12.0. The first-order chi connectivity index (χ1) is 8.13. The van der Waals surface area contributed by atoms with Crippen molar-refractivity contribution in [3.8, 4) is 11.5 Å². The summed E-state index contributed by atoms with van der Waals surface area (Å²) in [6.45, 7) is 0. The number of halogens is 2. The van der Waals surface area contributed by atoms with E-state index in [9.17, 15) is 5.11 Å². The SMILES string of the molecule is COc1cc(Br)cc([C@H](N)c2cccs2)c1O.Cl. The number of methoxy groups -OCH3 is 1. The van der Waals surface area contributed by atoms with Gasteiger partial charge in [-0.1, -0.05) is 22.0 Å². The van der Waals surface area contributed by atoms with Crippen molar-refractivity contribution >= 4 is 39.7 Å². The molecule has 0 saturated heterocycles. The van der Waals surface area contributed by atoms with Crippen LogP contribution in [0.5, 0.6) is 11.5 Å². The monoisotopic (exact) mass is 349 g/mol. The zero-order chi connectivity index (χ0) is 12.4. The molecule has 0 aliphatic carbocycles. The molecule has 0 bridgehead atoms. The first kappa shape index (κ1) is 15.3. The van der Waals surface area contributed by atoms with Crippen LogP contribution in [-0.2, 0) is 0 Å². The van der Waals surface area contributed by atoms with Crippen LogP contribution in [0.4, 0.5) is 0 Å². The molecular formula is C12H13BrClNO2S. The van der Waals surface area contributed by atoms with E-state index < -0.39 is 0 Å². The molecule has 1 atom stereocenters. The summed E-state index contributed by atoms with van der Waals surface area (Å²) in [5.74, 6) is 0.512. The Morgan fingerprint density at radius 2 is 2.17 bits per heavy atom. The van der Waals surface area contributed by atoms with E-state index in [1.165, 1.54) is 7.11 Å². The highest BCUT2D eigenvalue weighted by Crippen LogP contribution is 2.38. The zero-order valence-corrected chi connectivity index (χ0v) is 12.8. The molecule has 0 fully saturated rings. The number of thiophene rings is 1. The summed E-state index contributed by atoms with van der Waals surface area (Å²) < 4.78 is 5.93. The number of ether oxygens (including phenoxy) is 1. The second-order valence-corrected chi connectivity index (χ2v) is 5.43. The number of hydrogen-bond acceptors (Lipinski definition) is 4. The van der Waals surface area contributed by atoms with E-state index in [1.807, 2.05) is 23.6 Å². The van der Waals surface area contributed by atoms with Gasteiger partial charge in [0.15, 0.2) is 11.5 Å². The minimum absolute atomic E-state index is 0. The Labute approximate surface area is 124 Å². The van der Waals surface area contributed by atoms with E-state index in [0.29, 0.717) is 11.3 Å². The highest BCUT2D eigenvalue weighted by atomic mass is 79.9. The number of benzene rings is 1. The summed E-state index contributed by atoms with van der Waals surface area (Å²) in [6.07, 6.45) is 0. The second kappa shape index (κ2) is 6.43. The van der Waals surface area contributed by atoms with Gasteiger partial charge in [0.2, 0.25) is 0 Å². The Morgan fingerprint density at radius 3 is 2.72 bits per heavy atom. The van der Waals surface area contributed by atoms with Crippen LogP contribution >= 0.6 is 39.7 Å². The third kappa shape index (κ3) is 2.98. The van der Waals surface area contributed by atoms with Gasteiger partial charge in [-0.25, -0.2) is 0 Å². The average Bonchev–Trinajstić information content (AvgIpc) is 2.84. The highest BCUT2D eigenvalue weighted by Gasteiger charge is 2.18. The maximum atomic E-state index is 10.1. The number of hydrogen-bond donors (Lipinski definition) is 2. The van der Waals surface area contributed by atoms with Crippen molar-refractivity contribution in [1.29, 1.82) is 0 Å². The van der Waals surface area contributed by atoms with Crippen LogP contribution in [0.15, 0.2) is 34.1 Å². The van der Waals surface area contributed by atoms with Crippen LogP contribution in [0.2, 0.25) is 0 Å². The minimum atomic E-state index is -0.346. The van der Waals surface area contributed by atoms with Gasteiger partial charge >= 0.3 is 0 Å². The lowest BCUT2D eigenvalue weighted by molar-refractivity contribution is 0.369. The van der Waals surface area contributed by atoms with Crippen molar-refractivity contribution in [2.45, 2.75) is 6.04 Å². The Bertz CT molecular complexity index is 519. The van der Waals surface area contributed by atoms with Gasteiger partial charge in [0.1, 0.15) is 0 Å². The molecule has 0 aliphatic rings. The van der Waals surface area contributed by atoms with E-state index in [0.717, 1.165) is 9.35 Å². The number of nitrogens with two attached hydrogens (primary N) is 1. The molecule has 0 unspecified atom stereocenters. The third-order valence-corrected chi connectivity index (χ3v) is 3.89. The van der Waals surface area contributed by atoms with Gasteiger partial charge in [-0.3, -0.25) is 0 Å². The topological polar surface area (TPSA) is 55.5 Å². The van der Waals surface area contributed by atoms with Crippen LogP contribution in [0.1, 0.15) is 16.5 Å². The minimum Gasteiger partial charge on any atom is -0.504 e. The number of aromatic hydroxyl groups is 1. The van der Waals surface area contributed by atoms with Crippen molar-refractivity contribution in [1.82, 2.24) is 0 Å².